The van der Waals surface area contributed by atoms with Gasteiger partial charge >= 0.3 is 0 Å². The first-order valence-electron chi connectivity index (χ1n) is 6.12. The molecule has 0 N–H and O–H groups in total. The summed E-state index contributed by atoms with van der Waals surface area (Å²) in [7, 11) is -1.64. The van der Waals surface area contributed by atoms with Gasteiger partial charge in [0.1, 0.15) is 0 Å². The van der Waals surface area contributed by atoms with E-state index in [9.17, 15) is 0 Å². The zero-order valence-electron chi connectivity index (χ0n) is 12.0. The van der Waals surface area contributed by atoms with E-state index in [-0.39, 0.29) is 6.10 Å². The van der Waals surface area contributed by atoms with E-state index in [1.165, 1.54) is 11.1 Å². The molecule has 0 aliphatic carbocycles. The van der Waals surface area contributed by atoms with Crippen LogP contribution in [0.25, 0.3) is 0 Å². The van der Waals surface area contributed by atoms with E-state index in [1.807, 2.05) is 6.08 Å². The Morgan fingerprint density at radius 3 is 2.29 bits per heavy atom. The molecule has 1 unspecified atom stereocenters. The van der Waals surface area contributed by atoms with Gasteiger partial charge in [-0.3, -0.25) is 0 Å². The summed E-state index contributed by atoms with van der Waals surface area (Å²) < 4.78 is 5.77. The fraction of sp³-hybridized carbons (Fsp3) is 0.643. The molecule has 0 aromatic rings. The van der Waals surface area contributed by atoms with Crippen molar-refractivity contribution >= 4 is 8.32 Å². The zero-order valence-corrected chi connectivity index (χ0v) is 13.0. The molecule has 0 spiro atoms. The van der Waals surface area contributed by atoms with Crippen LogP contribution in [0.1, 0.15) is 33.6 Å². The Bertz CT molecular complexity index is 327. The molecule has 0 heterocycles. The van der Waals surface area contributed by atoms with Crippen LogP contribution in [0, 0.1) is 11.3 Å². The van der Waals surface area contributed by atoms with Crippen LogP contribution in [0.3, 0.4) is 0 Å². The molecule has 96 valence electrons. The molecule has 0 rings (SSSR count). The van der Waals surface area contributed by atoms with Crippen LogP contribution in [0.2, 0.25) is 19.6 Å². The van der Waals surface area contributed by atoms with Gasteiger partial charge in [-0.15, -0.1) is 0 Å². The molecule has 1 atom stereocenters. The highest BCUT2D eigenvalue weighted by atomic mass is 28.4. The first-order chi connectivity index (χ1) is 7.74. The summed E-state index contributed by atoms with van der Waals surface area (Å²) in [6.45, 7) is 12.6. The fourth-order valence-electron chi connectivity index (χ4n) is 1.41. The first kappa shape index (κ1) is 16.1. The highest BCUT2D eigenvalue weighted by molar-refractivity contribution is 6.69. The van der Waals surface area contributed by atoms with Gasteiger partial charge in [0.2, 0.25) is 0 Å². The summed E-state index contributed by atoms with van der Waals surface area (Å²) in [6, 6.07) is 2.21. The molecule has 0 aromatic heterocycles. The molecule has 0 radical (unpaired) electrons. The molecular weight excluding hydrogens is 226 g/mol. The van der Waals surface area contributed by atoms with Crippen molar-refractivity contribution in [3.8, 4) is 6.07 Å². The van der Waals surface area contributed by atoms with Gasteiger partial charge in [0.05, 0.1) is 6.07 Å². The average Bonchev–Trinajstić information content (AvgIpc) is 2.13. The van der Waals surface area contributed by atoms with Crippen molar-refractivity contribution < 1.29 is 4.43 Å². The molecule has 0 saturated heterocycles. The molecule has 0 aromatic carbocycles. The second kappa shape index (κ2) is 7.47. The zero-order chi connectivity index (χ0) is 13.5. The number of hydrogen-bond donors (Lipinski definition) is 0. The number of nitrogens with zero attached hydrogens (tertiary/aromatic N) is 1. The summed E-state index contributed by atoms with van der Waals surface area (Å²) in [5, 5.41) is 9.04. The second-order valence-corrected chi connectivity index (χ2v) is 10.1. The van der Waals surface area contributed by atoms with Crippen molar-refractivity contribution in [2.24, 2.45) is 0 Å². The van der Waals surface area contributed by atoms with Crippen molar-refractivity contribution in [1.29, 1.82) is 5.26 Å². The van der Waals surface area contributed by atoms with Crippen LogP contribution in [-0.2, 0) is 4.43 Å². The summed E-state index contributed by atoms with van der Waals surface area (Å²) in [5.41, 5.74) is 2.57. The Kier molecular flexibility index (Phi) is 7.09. The third-order valence-electron chi connectivity index (χ3n) is 2.13. The highest BCUT2D eigenvalue weighted by Gasteiger charge is 2.19. The SMILES string of the molecule is CC(C)=CCC/C(C)=C/C(C#N)O[Si](C)(C)C. The first-order valence-corrected chi connectivity index (χ1v) is 9.53. The summed E-state index contributed by atoms with van der Waals surface area (Å²) in [5.74, 6) is 0. The van der Waals surface area contributed by atoms with Crippen molar-refractivity contribution in [2.75, 3.05) is 0 Å². The van der Waals surface area contributed by atoms with E-state index in [0.29, 0.717) is 0 Å². The summed E-state index contributed by atoms with van der Waals surface area (Å²) >= 11 is 0. The topological polar surface area (TPSA) is 33.0 Å². The Morgan fingerprint density at radius 1 is 1.29 bits per heavy atom. The molecule has 17 heavy (non-hydrogen) atoms. The van der Waals surface area contributed by atoms with E-state index >= 15 is 0 Å². The van der Waals surface area contributed by atoms with E-state index in [4.69, 9.17) is 9.69 Å². The maximum Gasteiger partial charge on any atom is 0.185 e. The fourth-order valence-corrected chi connectivity index (χ4v) is 2.29. The van der Waals surface area contributed by atoms with Crippen LogP contribution in [0.5, 0.6) is 0 Å². The molecule has 0 fully saturated rings. The second-order valence-electron chi connectivity index (χ2n) is 5.61. The average molecular weight is 251 g/mol. The van der Waals surface area contributed by atoms with Crippen LogP contribution in [-0.4, -0.2) is 14.4 Å². The van der Waals surface area contributed by atoms with Crippen LogP contribution in [0.4, 0.5) is 0 Å². The smallest absolute Gasteiger partial charge is 0.185 e. The summed E-state index contributed by atoms with van der Waals surface area (Å²) in [6.07, 6.45) is 5.83. The highest BCUT2D eigenvalue weighted by Crippen LogP contribution is 2.12. The largest absolute Gasteiger partial charge is 0.399 e. The third-order valence-corrected chi connectivity index (χ3v) is 3.10. The lowest BCUT2D eigenvalue weighted by Gasteiger charge is -2.20. The van der Waals surface area contributed by atoms with Gasteiger partial charge in [-0.2, -0.15) is 5.26 Å². The Hall–Kier alpha value is -0.853. The van der Waals surface area contributed by atoms with E-state index in [0.717, 1.165) is 12.8 Å². The summed E-state index contributed by atoms with van der Waals surface area (Å²) in [4.78, 5) is 0. The molecule has 0 aliphatic heterocycles. The minimum atomic E-state index is -1.64. The third kappa shape index (κ3) is 10.0. The van der Waals surface area contributed by atoms with E-state index in [2.05, 4.69) is 52.6 Å². The van der Waals surface area contributed by atoms with E-state index in [1.54, 1.807) is 0 Å². The van der Waals surface area contributed by atoms with Crippen LogP contribution < -0.4 is 0 Å². The van der Waals surface area contributed by atoms with Gasteiger partial charge in [0.15, 0.2) is 14.4 Å². The number of allylic oxidation sites excluding steroid dienone is 3. The van der Waals surface area contributed by atoms with Gasteiger partial charge < -0.3 is 4.43 Å². The molecule has 3 heteroatoms. The Labute approximate surface area is 107 Å². The van der Waals surface area contributed by atoms with Crippen molar-refractivity contribution in [1.82, 2.24) is 0 Å². The minimum absolute atomic E-state index is 0.381. The molecule has 2 nitrogen and oxygen atoms in total. The predicted molar refractivity (Wildman–Crippen MR) is 76.3 cm³/mol. The molecule has 0 saturated carbocycles. The minimum Gasteiger partial charge on any atom is -0.399 e. The quantitative estimate of drug-likeness (QED) is 0.517. The van der Waals surface area contributed by atoms with Gasteiger partial charge in [0.25, 0.3) is 0 Å². The maximum atomic E-state index is 9.04. The normalized spacial score (nSPS) is 14.1. The number of nitriles is 1. The van der Waals surface area contributed by atoms with Crippen molar-refractivity contribution in [2.45, 2.75) is 59.4 Å². The number of hydrogen-bond acceptors (Lipinski definition) is 2. The van der Waals surface area contributed by atoms with Gasteiger partial charge in [-0.05, 0) is 59.3 Å². The molecule has 0 aliphatic rings. The monoisotopic (exact) mass is 251 g/mol. The standard InChI is InChI=1S/C14H25NOSi/c1-12(2)8-7-9-13(3)10-14(11-15)16-17(4,5)6/h8,10,14H,7,9H2,1-6H3/b13-10+. The van der Waals surface area contributed by atoms with Crippen LogP contribution in [0.15, 0.2) is 23.3 Å². The van der Waals surface area contributed by atoms with Crippen molar-refractivity contribution in [3.63, 3.8) is 0 Å². The van der Waals surface area contributed by atoms with Crippen molar-refractivity contribution in [3.05, 3.63) is 23.3 Å². The van der Waals surface area contributed by atoms with Crippen LogP contribution >= 0.6 is 0 Å². The predicted octanol–water partition coefficient (Wildman–Crippen LogP) is 4.42. The lowest BCUT2D eigenvalue weighted by Crippen LogP contribution is -2.30. The number of rotatable bonds is 6. The van der Waals surface area contributed by atoms with E-state index < -0.39 is 8.32 Å². The van der Waals surface area contributed by atoms with Gasteiger partial charge in [0, 0.05) is 0 Å². The lowest BCUT2D eigenvalue weighted by molar-refractivity contribution is 0.294. The lowest BCUT2D eigenvalue weighted by atomic mass is 10.1. The molecule has 0 bridgehead atoms. The Morgan fingerprint density at radius 2 is 1.88 bits per heavy atom. The van der Waals surface area contributed by atoms with Gasteiger partial charge in [-0.1, -0.05) is 17.2 Å². The Balaban J connectivity index is 4.34. The maximum absolute atomic E-state index is 9.04. The molecular formula is C14H25NOSi. The molecule has 0 amide bonds. The van der Waals surface area contributed by atoms with Gasteiger partial charge in [-0.25, -0.2) is 0 Å².